The number of nitro benzene ring substituents is 1. The van der Waals surface area contributed by atoms with Gasteiger partial charge in [0, 0.05) is 12.1 Å². The van der Waals surface area contributed by atoms with Gasteiger partial charge in [0.05, 0.1) is 28.4 Å². The average molecular weight is 526 g/mol. The number of allylic oxidation sites excluding steroid dienone is 1. The first-order valence-electron chi connectivity index (χ1n) is 10.4. The van der Waals surface area contributed by atoms with Crippen LogP contribution in [0.2, 0.25) is 0 Å². The summed E-state index contributed by atoms with van der Waals surface area (Å²) in [5, 5.41) is 14.9. The van der Waals surface area contributed by atoms with Crippen molar-refractivity contribution < 1.29 is 19.1 Å². The summed E-state index contributed by atoms with van der Waals surface area (Å²) in [5.41, 5.74) is 5.32. The van der Waals surface area contributed by atoms with Crippen LogP contribution in [-0.2, 0) is 6.42 Å². The van der Waals surface area contributed by atoms with Gasteiger partial charge < -0.3 is 14.2 Å². The fraction of sp³-hybridized carbons (Fsp3) is 0.160. The van der Waals surface area contributed by atoms with Crippen molar-refractivity contribution in [2.75, 3.05) is 25.7 Å². The molecule has 0 atom stereocenters. The van der Waals surface area contributed by atoms with Crippen molar-refractivity contribution in [3.8, 4) is 17.2 Å². The molecule has 0 aliphatic carbocycles. The molecular weight excluding hydrogens is 502 g/mol. The lowest BCUT2D eigenvalue weighted by atomic mass is 10.1. The van der Waals surface area contributed by atoms with E-state index >= 15 is 0 Å². The maximum absolute atomic E-state index is 10.7. The molecule has 9 heteroatoms. The van der Waals surface area contributed by atoms with Gasteiger partial charge in [-0.3, -0.25) is 15.5 Å². The van der Waals surface area contributed by atoms with Crippen molar-refractivity contribution in [2.24, 2.45) is 5.10 Å². The van der Waals surface area contributed by atoms with Crippen LogP contribution in [0.25, 0.3) is 0 Å². The summed E-state index contributed by atoms with van der Waals surface area (Å²) in [6.07, 6.45) is 4.18. The zero-order valence-corrected chi connectivity index (χ0v) is 20.2. The van der Waals surface area contributed by atoms with Crippen molar-refractivity contribution in [1.29, 1.82) is 0 Å². The molecule has 0 heterocycles. The van der Waals surface area contributed by atoms with Crippen molar-refractivity contribution >= 4 is 33.5 Å². The number of nitrogens with zero attached hydrogens (tertiary/aromatic N) is 2. The van der Waals surface area contributed by atoms with Crippen LogP contribution in [0.1, 0.15) is 11.1 Å². The highest BCUT2D eigenvalue weighted by molar-refractivity contribution is 9.10. The van der Waals surface area contributed by atoms with Crippen molar-refractivity contribution in [3.05, 3.63) is 99.0 Å². The van der Waals surface area contributed by atoms with E-state index in [9.17, 15) is 10.1 Å². The highest BCUT2D eigenvalue weighted by Crippen LogP contribution is 2.36. The van der Waals surface area contributed by atoms with Crippen LogP contribution in [0.3, 0.4) is 0 Å². The van der Waals surface area contributed by atoms with Crippen LogP contribution >= 0.6 is 15.9 Å². The maximum Gasteiger partial charge on any atom is 0.269 e. The van der Waals surface area contributed by atoms with Gasteiger partial charge in [0.2, 0.25) is 0 Å². The molecule has 0 amide bonds. The molecule has 8 nitrogen and oxygen atoms in total. The van der Waals surface area contributed by atoms with E-state index in [1.54, 1.807) is 31.5 Å². The fourth-order valence-corrected chi connectivity index (χ4v) is 3.63. The van der Waals surface area contributed by atoms with Gasteiger partial charge in [0.1, 0.15) is 19.0 Å². The Bertz CT molecular complexity index is 1170. The third-order valence-electron chi connectivity index (χ3n) is 4.66. The minimum absolute atomic E-state index is 0.0187. The van der Waals surface area contributed by atoms with Gasteiger partial charge in [0.25, 0.3) is 5.69 Å². The SMILES string of the molecule is C=CCc1ccccc1OCCOc1c(Br)cc(/C=N/Nc2ccc([N+](=O)[O-])cc2)cc1OC. The van der Waals surface area contributed by atoms with E-state index in [-0.39, 0.29) is 5.69 Å². The summed E-state index contributed by atoms with van der Waals surface area (Å²) in [6.45, 7) is 4.47. The zero-order valence-electron chi connectivity index (χ0n) is 18.6. The lowest BCUT2D eigenvalue weighted by molar-refractivity contribution is -0.384. The molecule has 0 fully saturated rings. The third kappa shape index (κ3) is 6.82. The molecule has 0 aromatic heterocycles. The summed E-state index contributed by atoms with van der Waals surface area (Å²) >= 11 is 3.52. The summed E-state index contributed by atoms with van der Waals surface area (Å²) in [5.74, 6) is 1.91. The number of nitrogens with one attached hydrogen (secondary N) is 1. The normalized spacial score (nSPS) is 10.6. The third-order valence-corrected chi connectivity index (χ3v) is 5.25. The molecular formula is C25H24BrN3O5. The van der Waals surface area contributed by atoms with Gasteiger partial charge in [-0.05, 0) is 63.8 Å². The van der Waals surface area contributed by atoms with E-state index in [0.29, 0.717) is 34.9 Å². The molecule has 176 valence electrons. The highest BCUT2D eigenvalue weighted by Gasteiger charge is 2.12. The second-order valence-corrected chi connectivity index (χ2v) is 7.86. The molecule has 0 saturated carbocycles. The van der Waals surface area contributed by atoms with Gasteiger partial charge in [0.15, 0.2) is 11.5 Å². The number of non-ortho nitro benzene ring substituents is 1. The standard InChI is InChI=1S/C25H24BrN3O5/c1-3-6-19-7-4-5-8-23(19)33-13-14-34-25-22(26)15-18(16-24(25)32-2)17-27-28-20-9-11-21(12-10-20)29(30)31/h3-5,7-12,15-17,28H,1,6,13-14H2,2H3/b27-17+. The molecule has 0 saturated heterocycles. The van der Waals surface area contributed by atoms with E-state index in [1.807, 2.05) is 36.4 Å². The molecule has 0 spiro atoms. The molecule has 3 rings (SSSR count). The largest absolute Gasteiger partial charge is 0.493 e. The number of para-hydroxylation sites is 1. The molecule has 3 aromatic carbocycles. The number of ether oxygens (including phenoxy) is 3. The average Bonchev–Trinajstić information content (AvgIpc) is 2.84. The van der Waals surface area contributed by atoms with Gasteiger partial charge in [-0.1, -0.05) is 24.3 Å². The number of benzene rings is 3. The van der Waals surface area contributed by atoms with Crippen LogP contribution in [0, 0.1) is 10.1 Å². The molecule has 3 aromatic rings. The number of hydrazone groups is 1. The van der Waals surface area contributed by atoms with Gasteiger partial charge in [-0.25, -0.2) is 0 Å². The lowest BCUT2D eigenvalue weighted by Gasteiger charge is -2.15. The Morgan fingerprint density at radius 1 is 1.09 bits per heavy atom. The Morgan fingerprint density at radius 2 is 1.82 bits per heavy atom. The maximum atomic E-state index is 10.7. The Kier molecular flexibility index (Phi) is 9.04. The van der Waals surface area contributed by atoms with Crippen molar-refractivity contribution in [3.63, 3.8) is 0 Å². The van der Waals surface area contributed by atoms with Crippen LogP contribution < -0.4 is 19.6 Å². The summed E-state index contributed by atoms with van der Waals surface area (Å²) in [4.78, 5) is 10.3. The van der Waals surface area contributed by atoms with E-state index in [2.05, 4.69) is 33.0 Å². The molecule has 0 unspecified atom stereocenters. The summed E-state index contributed by atoms with van der Waals surface area (Å²) in [6, 6.07) is 17.5. The topological polar surface area (TPSA) is 95.2 Å². The predicted octanol–water partition coefficient (Wildman–Crippen LogP) is 6.00. The van der Waals surface area contributed by atoms with Crippen molar-refractivity contribution in [2.45, 2.75) is 6.42 Å². The summed E-state index contributed by atoms with van der Waals surface area (Å²) < 4.78 is 18.0. The van der Waals surface area contributed by atoms with Gasteiger partial charge in [-0.15, -0.1) is 6.58 Å². The molecule has 0 aliphatic heterocycles. The predicted molar refractivity (Wildman–Crippen MR) is 136 cm³/mol. The molecule has 0 radical (unpaired) electrons. The molecule has 1 N–H and O–H groups in total. The second kappa shape index (κ2) is 12.4. The van der Waals surface area contributed by atoms with E-state index in [4.69, 9.17) is 14.2 Å². The molecule has 0 aliphatic rings. The number of hydrogen-bond donors (Lipinski definition) is 1. The summed E-state index contributed by atoms with van der Waals surface area (Å²) in [7, 11) is 1.56. The van der Waals surface area contributed by atoms with Crippen LogP contribution in [0.5, 0.6) is 17.2 Å². The zero-order chi connectivity index (χ0) is 24.3. The Hall–Kier alpha value is -3.85. The Morgan fingerprint density at radius 3 is 2.53 bits per heavy atom. The van der Waals surface area contributed by atoms with Crippen molar-refractivity contribution in [1.82, 2.24) is 0 Å². The van der Waals surface area contributed by atoms with Gasteiger partial charge in [-0.2, -0.15) is 5.10 Å². The number of nitro groups is 1. The number of halogens is 1. The Balaban J connectivity index is 1.59. The van der Waals surface area contributed by atoms with Crippen LogP contribution in [0.4, 0.5) is 11.4 Å². The number of hydrogen-bond acceptors (Lipinski definition) is 7. The number of rotatable bonds is 12. The van der Waals surface area contributed by atoms with E-state index < -0.39 is 4.92 Å². The smallest absolute Gasteiger partial charge is 0.269 e. The highest BCUT2D eigenvalue weighted by atomic mass is 79.9. The quantitative estimate of drug-likeness (QED) is 0.102. The number of methoxy groups -OCH3 is 1. The van der Waals surface area contributed by atoms with Crippen LogP contribution in [0.15, 0.2) is 82.9 Å². The number of anilines is 1. The van der Waals surface area contributed by atoms with E-state index in [0.717, 1.165) is 23.3 Å². The first-order chi connectivity index (χ1) is 16.5. The lowest BCUT2D eigenvalue weighted by Crippen LogP contribution is -2.11. The molecule has 34 heavy (non-hydrogen) atoms. The monoisotopic (exact) mass is 525 g/mol. The fourth-order valence-electron chi connectivity index (χ4n) is 3.06. The minimum atomic E-state index is -0.450. The van der Waals surface area contributed by atoms with E-state index in [1.165, 1.54) is 12.1 Å². The van der Waals surface area contributed by atoms with Crippen LogP contribution in [-0.4, -0.2) is 31.5 Å². The first kappa shape index (κ1) is 24.8. The second-order valence-electron chi connectivity index (χ2n) is 7.01. The van der Waals surface area contributed by atoms with Gasteiger partial charge >= 0.3 is 0 Å². The first-order valence-corrected chi connectivity index (χ1v) is 11.2. The minimum Gasteiger partial charge on any atom is -0.493 e. The molecule has 0 bridgehead atoms. The Labute approximate surface area is 206 Å².